The first kappa shape index (κ1) is 15.1. The van der Waals surface area contributed by atoms with E-state index in [4.69, 9.17) is 0 Å². The Kier molecular flexibility index (Phi) is 13.4. The van der Waals surface area contributed by atoms with E-state index in [1.54, 1.807) is 14.0 Å². The number of ketones is 1. The van der Waals surface area contributed by atoms with Crippen LogP contribution in [0.3, 0.4) is 0 Å². The summed E-state index contributed by atoms with van der Waals surface area (Å²) in [5, 5.41) is 6.13. The van der Waals surface area contributed by atoms with Crippen molar-refractivity contribution in [2.24, 2.45) is 0 Å². The third-order valence-electron chi connectivity index (χ3n) is 1.61. The lowest BCUT2D eigenvalue weighted by atomic mass is 10.2. The molecule has 0 aliphatic carbocycles. The van der Waals surface area contributed by atoms with Crippen LogP contribution in [0, 0.1) is 0 Å². The van der Waals surface area contributed by atoms with Gasteiger partial charge in [-0.1, -0.05) is 20.8 Å². The standard InChI is InChI=1S/C8H18N2O.C2H6/c1-4-5-10-6-8(9-3)7(2)11;1-2/h8-10H,4-6H2,1-3H3;1-2H3. The van der Waals surface area contributed by atoms with Crippen molar-refractivity contribution in [3.63, 3.8) is 0 Å². The van der Waals surface area contributed by atoms with Gasteiger partial charge in [0.2, 0.25) is 0 Å². The van der Waals surface area contributed by atoms with Gasteiger partial charge < -0.3 is 10.6 Å². The maximum Gasteiger partial charge on any atom is 0.147 e. The number of hydrogen-bond acceptors (Lipinski definition) is 3. The molecule has 0 saturated carbocycles. The molecule has 0 saturated heterocycles. The van der Waals surface area contributed by atoms with Crippen molar-refractivity contribution >= 4 is 5.78 Å². The highest BCUT2D eigenvalue weighted by atomic mass is 16.1. The summed E-state index contributed by atoms with van der Waals surface area (Å²) in [6.07, 6.45) is 1.11. The lowest BCUT2D eigenvalue weighted by Gasteiger charge is -2.12. The zero-order valence-corrected chi connectivity index (χ0v) is 9.61. The summed E-state index contributed by atoms with van der Waals surface area (Å²) in [5.41, 5.74) is 0. The van der Waals surface area contributed by atoms with Crippen molar-refractivity contribution in [3.05, 3.63) is 0 Å². The molecular formula is C10H24N2O. The van der Waals surface area contributed by atoms with E-state index < -0.39 is 0 Å². The molecule has 0 radical (unpaired) electrons. The Balaban J connectivity index is 0. The van der Waals surface area contributed by atoms with Crippen molar-refractivity contribution < 1.29 is 4.79 Å². The van der Waals surface area contributed by atoms with Gasteiger partial charge in [-0.25, -0.2) is 0 Å². The monoisotopic (exact) mass is 188 g/mol. The average Bonchev–Trinajstić information content (AvgIpc) is 2.15. The van der Waals surface area contributed by atoms with Gasteiger partial charge in [0.1, 0.15) is 5.78 Å². The van der Waals surface area contributed by atoms with Crippen LogP contribution in [0.5, 0.6) is 0 Å². The summed E-state index contributed by atoms with van der Waals surface area (Å²) in [5.74, 6) is 0.191. The SMILES string of the molecule is CC.CCCNCC(NC)C(C)=O. The van der Waals surface area contributed by atoms with Gasteiger partial charge in [-0.3, -0.25) is 4.79 Å². The first-order valence-corrected chi connectivity index (χ1v) is 5.10. The Morgan fingerprint density at radius 2 is 1.92 bits per heavy atom. The second-order valence-corrected chi connectivity index (χ2v) is 2.66. The number of nitrogens with one attached hydrogen (secondary N) is 2. The predicted molar refractivity (Wildman–Crippen MR) is 58.0 cm³/mol. The second kappa shape index (κ2) is 11.6. The highest BCUT2D eigenvalue weighted by Gasteiger charge is 2.09. The molecule has 0 spiro atoms. The molecule has 0 amide bonds. The molecular weight excluding hydrogens is 164 g/mol. The minimum Gasteiger partial charge on any atom is -0.315 e. The zero-order valence-electron chi connectivity index (χ0n) is 9.61. The lowest BCUT2D eigenvalue weighted by Crippen LogP contribution is -2.41. The Morgan fingerprint density at radius 1 is 1.38 bits per heavy atom. The minimum atomic E-state index is -0.0263. The largest absolute Gasteiger partial charge is 0.315 e. The normalized spacial score (nSPS) is 11.5. The van der Waals surface area contributed by atoms with Crippen LogP contribution >= 0.6 is 0 Å². The van der Waals surface area contributed by atoms with E-state index in [0.717, 1.165) is 19.5 Å². The Bertz CT molecular complexity index is 115. The molecule has 0 aliphatic rings. The summed E-state index contributed by atoms with van der Waals surface area (Å²) in [4.78, 5) is 10.9. The van der Waals surface area contributed by atoms with E-state index in [1.807, 2.05) is 13.8 Å². The highest BCUT2D eigenvalue weighted by molar-refractivity contribution is 5.81. The summed E-state index contributed by atoms with van der Waals surface area (Å²) >= 11 is 0. The molecule has 0 heterocycles. The first-order valence-electron chi connectivity index (χ1n) is 5.10. The van der Waals surface area contributed by atoms with E-state index >= 15 is 0 Å². The molecule has 2 N–H and O–H groups in total. The molecule has 0 fully saturated rings. The molecule has 0 aromatic carbocycles. The third-order valence-corrected chi connectivity index (χ3v) is 1.61. The van der Waals surface area contributed by atoms with Gasteiger partial charge in [0.15, 0.2) is 0 Å². The number of likely N-dealkylation sites (N-methyl/N-ethyl adjacent to an activating group) is 1. The number of rotatable bonds is 6. The summed E-state index contributed by atoms with van der Waals surface area (Å²) in [7, 11) is 1.81. The quantitative estimate of drug-likeness (QED) is 0.615. The number of carbonyl (C=O) groups excluding carboxylic acids is 1. The van der Waals surface area contributed by atoms with E-state index in [-0.39, 0.29) is 11.8 Å². The van der Waals surface area contributed by atoms with Gasteiger partial charge in [-0.15, -0.1) is 0 Å². The second-order valence-electron chi connectivity index (χ2n) is 2.66. The molecule has 0 rings (SSSR count). The summed E-state index contributed by atoms with van der Waals surface area (Å²) < 4.78 is 0. The van der Waals surface area contributed by atoms with Crippen molar-refractivity contribution in [1.82, 2.24) is 10.6 Å². The predicted octanol–water partition coefficient (Wildman–Crippen LogP) is 1.19. The van der Waals surface area contributed by atoms with Gasteiger partial charge >= 0.3 is 0 Å². The van der Waals surface area contributed by atoms with E-state index in [0.29, 0.717) is 0 Å². The van der Waals surface area contributed by atoms with Crippen LogP contribution in [-0.4, -0.2) is 32.0 Å². The van der Waals surface area contributed by atoms with Crippen molar-refractivity contribution in [2.45, 2.75) is 40.2 Å². The van der Waals surface area contributed by atoms with Crippen molar-refractivity contribution in [1.29, 1.82) is 0 Å². The molecule has 0 bridgehead atoms. The van der Waals surface area contributed by atoms with Crippen LogP contribution in [0.1, 0.15) is 34.1 Å². The van der Waals surface area contributed by atoms with E-state index in [9.17, 15) is 4.79 Å². The lowest BCUT2D eigenvalue weighted by molar-refractivity contribution is -0.118. The third kappa shape index (κ3) is 9.50. The van der Waals surface area contributed by atoms with Gasteiger partial charge in [0, 0.05) is 6.54 Å². The Morgan fingerprint density at radius 3 is 2.23 bits per heavy atom. The van der Waals surface area contributed by atoms with Crippen LogP contribution in [0.25, 0.3) is 0 Å². The fraction of sp³-hybridized carbons (Fsp3) is 0.900. The van der Waals surface area contributed by atoms with Gasteiger partial charge in [-0.05, 0) is 26.9 Å². The first-order chi connectivity index (χ1) is 6.22. The molecule has 1 unspecified atom stereocenters. The Hall–Kier alpha value is -0.410. The average molecular weight is 188 g/mol. The van der Waals surface area contributed by atoms with Crippen LogP contribution in [-0.2, 0) is 4.79 Å². The fourth-order valence-electron chi connectivity index (χ4n) is 0.872. The maximum atomic E-state index is 10.9. The molecule has 0 aromatic rings. The smallest absolute Gasteiger partial charge is 0.147 e. The van der Waals surface area contributed by atoms with Gasteiger partial charge in [0.25, 0.3) is 0 Å². The number of hydrogen-bond donors (Lipinski definition) is 2. The van der Waals surface area contributed by atoms with Crippen LogP contribution in [0.15, 0.2) is 0 Å². The van der Waals surface area contributed by atoms with Gasteiger partial charge in [0.05, 0.1) is 6.04 Å². The van der Waals surface area contributed by atoms with Crippen LogP contribution < -0.4 is 10.6 Å². The molecule has 3 nitrogen and oxygen atoms in total. The fourth-order valence-corrected chi connectivity index (χ4v) is 0.872. The topological polar surface area (TPSA) is 41.1 Å². The van der Waals surface area contributed by atoms with Crippen LogP contribution in [0.4, 0.5) is 0 Å². The molecule has 0 aromatic heterocycles. The number of Topliss-reactive ketones (excluding diaryl/α,β-unsaturated/α-hetero) is 1. The van der Waals surface area contributed by atoms with Crippen molar-refractivity contribution in [3.8, 4) is 0 Å². The molecule has 80 valence electrons. The minimum absolute atomic E-state index is 0.0263. The summed E-state index contributed by atoms with van der Waals surface area (Å²) in [6, 6.07) is -0.0263. The van der Waals surface area contributed by atoms with Gasteiger partial charge in [-0.2, -0.15) is 0 Å². The number of carbonyl (C=O) groups is 1. The van der Waals surface area contributed by atoms with Crippen LogP contribution in [0.2, 0.25) is 0 Å². The van der Waals surface area contributed by atoms with E-state index in [1.165, 1.54) is 0 Å². The zero-order chi connectivity index (χ0) is 10.7. The molecule has 1 atom stereocenters. The molecule has 0 aliphatic heterocycles. The Labute approximate surface area is 82.3 Å². The highest BCUT2D eigenvalue weighted by Crippen LogP contribution is 1.82. The summed E-state index contributed by atoms with van der Waals surface area (Å²) in [6.45, 7) is 9.43. The van der Waals surface area contributed by atoms with E-state index in [2.05, 4.69) is 17.6 Å². The molecule has 3 heteroatoms. The van der Waals surface area contributed by atoms with Crippen molar-refractivity contribution in [2.75, 3.05) is 20.1 Å². The molecule has 13 heavy (non-hydrogen) atoms. The maximum absolute atomic E-state index is 10.9.